The van der Waals surface area contributed by atoms with Gasteiger partial charge in [0, 0.05) is 18.8 Å². The van der Waals surface area contributed by atoms with Crippen molar-refractivity contribution in [2.24, 2.45) is 0 Å². The molecule has 0 radical (unpaired) electrons. The summed E-state index contributed by atoms with van der Waals surface area (Å²) in [6.07, 6.45) is 4.39. The van der Waals surface area contributed by atoms with Gasteiger partial charge in [-0.05, 0) is 30.4 Å². The minimum absolute atomic E-state index is 0.716. The predicted molar refractivity (Wildman–Crippen MR) is 69.0 cm³/mol. The Morgan fingerprint density at radius 2 is 2.00 bits per heavy atom. The summed E-state index contributed by atoms with van der Waals surface area (Å²) in [5.74, 6) is 2.40. The summed E-state index contributed by atoms with van der Waals surface area (Å²) in [5, 5.41) is 3.05. The Kier molecular flexibility index (Phi) is 2.52. The highest BCUT2D eigenvalue weighted by Crippen LogP contribution is 2.43. The fourth-order valence-corrected chi connectivity index (χ4v) is 2.08. The molecule has 0 saturated heterocycles. The molecular formula is C14H15N3. The van der Waals surface area contributed by atoms with E-state index in [0.717, 1.165) is 11.6 Å². The molecule has 1 aromatic carbocycles. The van der Waals surface area contributed by atoms with Crippen LogP contribution in [0.2, 0.25) is 0 Å². The van der Waals surface area contributed by atoms with Gasteiger partial charge in [0.2, 0.25) is 0 Å². The van der Waals surface area contributed by atoms with E-state index in [-0.39, 0.29) is 0 Å². The van der Waals surface area contributed by atoms with E-state index in [9.17, 15) is 0 Å². The second-order valence-electron chi connectivity index (χ2n) is 4.38. The molecule has 3 nitrogen and oxygen atoms in total. The quantitative estimate of drug-likeness (QED) is 0.872. The van der Waals surface area contributed by atoms with E-state index >= 15 is 0 Å². The van der Waals surface area contributed by atoms with Gasteiger partial charge < -0.3 is 5.32 Å². The molecular weight excluding hydrogens is 210 g/mol. The van der Waals surface area contributed by atoms with Crippen LogP contribution in [0.3, 0.4) is 0 Å². The van der Waals surface area contributed by atoms with Gasteiger partial charge in [-0.1, -0.05) is 24.3 Å². The maximum absolute atomic E-state index is 4.51. The number of rotatable bonds is 3. The molecule has 0 aliphatic heterocycles. The summed E-state index contributed by atoms with van der Waals surface area (Å²) >= 11 is 0. The van der Waals surface area contributed by atoms with Crippen LogP contribution in [0.25, 0.3) is 11.4 Å². The molecule has 1 saturated carbocycles. The zero-order valence-corrected chi connectivity index (χ0v) is 9.85. The fourth-order valence-electron chi connectivity index (χ4n) is 2.08. The van der Waals surface area contributed by atoms with E-state index < -0.39 is 0 Å². The molecule has 3 rings (SSSR count). The number of anilines is 1. The number of aromatic nitrogens is 2. The highest BCUT2D eigenvalue weighted by atomic mass is 15.0. The number of nitrogens with zero attached hydrogens (tertiary/aromatic N) is 2. The molecule has 3 heteroatoms. The SMILES string of the molecule is CNc1ccnc(-c2ccccc2C2CC2)n1. The maximum Gasteiger partial charge on any atom is 0.161 e. The molecule has 0 spiro atoms. The number of hydrogen-bond donors (Lipinski definition) is 1. The van der Waals surface area contributed by atoms with Crippen LogP contribution in [0.4, 0.5) is 5.82 Å². The molecule has 0 amide bonds. The summed E-state index contributed by atoms with van der Waals surface area (Å²) in [6, 6.07) is 10.3. The molecule has 0 atom stereocenters. The van der Waals surface area contributed by atoms with Crippen LogP contribution >= 0.6 is 0 Å². The zero-order valence-electron chi connectivity index (χ0n) is 9.85. The first-order chi connectivity index (χ1) is 8.38. The van der Waals surface area contributed by atoms with E-state index in [1.807, 2.05) is 13.1 Å². The van der Waals surface area contributed by atoms with Gasteiger partial charge in [-0.3, -0.25) is 0 Å². The molecule has 1 fully saturated rings. The minimum Gasteiger partial charge on any atom is -0.373 e. The van der Waals surface area contributed by atoms with Crippen molar-refractivity contribution in [1.82, 2.24) is 9.97 Å². The van der Waals surface area contributed by atoms with Gasteiger partial charge in [-0.15, -0.1) is 0 Å². The molecule has 1 aliphatic carbocycles. The highest BCUT2D eigenvalue weighted by Gasteiger charge is 2.26. The maximum atomic E-state index is 4.51. The summed E-state index contributed by atoms with van der Waals surface area (Å²) in [4.78, 5) is 8.89. The van der Waals surface area contributed by atoms with Crippen LogP contribution < -0.4 is 5.32 Å². The lowest BCUT2D eigenvalue weighted by Gasteiger charge is -2.08. The van der Waals surface area contributed by atoms with Crippen molar-refractivity contribution in [3.63, 3.8) is 0 Å². The van der Waals surface area contributed by atoms with Crippen LogP contribution in [0.5, 0.6) is 0 Å². The van der Waals surface area contributed by atoms with Crippen molar-refractivity contribution < 1.29 is 0 Å². The lowest BCUT2D eigenvalue weighted by atomic mass is 10.0. The monoisotopic (exact) mass is 225 g/mol. The van der Waals surface area contributed by atoms with Crippen LogP contribution in [-0.4, -0.2) is 17.0 Å². The van der Waals surface area contributed by atoms with Gasteiger partial charge >= 0.3 is 0 Å². The van der Waals surface area contributed by atoms with Crippen molar-refractivity contribution in [3.05, 3.63) is 42.1 Å². The van der Waals surface area contributed by atoms with Crippen molar-refractivity contribution in [3.8, 4) is 11.4 Å². The molecule has 1 N–H and O–H groups in total. The first-order valence-corrected chi connectivity index (χ1v) is 5.98. The lowest BCUT2D eigenvalue weighted by molar-refractivity contribution is 1.10. The summed E-state index contributed by atoms with van der Waals surface area (Å²) in [7, 11) is 1.87. The largest absolute Gasteiger partial charge is 0.373 e. The molecule has 0 bridgehead atoms. The Bertz CT molecular complexity index is 532. The van der Waals surface area contributed by atoms with Gasteiger partial charge in [-0.25, -0.2) is 9.97 Å². The Morgan fingerprint density at radius 1 is 1.18 bits per heavy atom. The lowest BCUT2D eigenvalue weighted by Crippen LogP contribution is -1.97. The van der Waals surface area contributed by atoms with E-state index in [1.165, 1.54) is 24.0 Å². The number of nitrogens with one attached hydrogen (secondary N) is 1. The third-order valence-corrected chi connectivity index (χ3v) is 3.13. The van der Waals surface area contributed by atoms with Gasteiger partial charge in [0.15, 0.2) is 5.82 Å². The van der Waals surface area contributed by atoms with Crippen LogP contribution in [-0.2, 0) is 0 Å². The molecule has 1 aromatic heterocycles. The van der Waals surface area contributed by atoms with E-state index in [0.29, 0.717) is 5.92 Å². The Hall–Kier alpha value is -1.90. The summed E-state index contributed by atoms with van der Waals surface area (Å²) < 4.78 is 0. The van der Waals surface area contributed by atoms with Crippen LogP contribution in [0.1, 0.15) is 24.3 Å². The van der Waals surface area contributed by atoms with Crippen LogP contribution in [0, 0.1) is 0 Å². The van der Waals surface area contributed by atoms with Gasteiger partial charge in [0.1, 0.15) is 5.82 Å². The highest BCUT2D eigenvalue weighted by molar-refractivity contribution is 5.63. The minimum atomic E-state index is 0.716. The number of benzene rings is 1. The summed E-state index contributed by atoms with van der Waals surface area (Å²) in [5.41, 5.74) is 2.56. The first-order valence-electron chi connectivity index (χ1n) is 5.98. The second-order valence-corrected chi connectivity index (χ2v) is 4.38. The average molecular weight is 225 g/mol. The van der Waals surface area contributed by atoms with Crippen molar-refractivity contribution >= 4 is 5.82 Å². The van der Waals surface area contributed by atoms with Crippen LogP contribution in [0.15, 0.2) is 36.5 Å². The van der Waals surface area contributed by atoms with Crippen molar-refractivity contribution in [1.29, 1.82) is 0 Å². The van der Waals surface area contributed by atoms with Gasteiger partial charge in [-0.2, -0.15) is 0 Å². The molecule has 1 heterocycles. The third-order valence-electron chi connectivity index (χ3n) is 3.13. The first kappa shape index (κ1) is 10.3. The average Bonchev–Trinajstić information content (AvgIpc) is 3.23. The summed E-state index contributed by atoms with van der Waals surface area (Å²) in [6.45, 7) is 0. The topological polar surface area (TPSA) is 37.8 Å². The van der Waals surface area contributed by atoms with E-state index in [1.54, 1.807) is 6.20 Å². The standard InChI is InChI=1S/C14H15N3/c1-15-13-8-9-16-14(17-13)12-5-3-2-4-11(12)10-6-7-10/h2-5,8-10H,6-7H2,1H3,(H,15,16,17). The van der Waals surface area contributed by atoms with Gasteiger partial charge in [0.25, 0.3) is 0 Å². The van der Waals surface area contributed by atoms with E-state index in [2.05, 4.69) is 39.6 Å². The Morgan fingerprint density at radius 3 is 2.76 bits per heavy atom. The fraction of sp³-hybridized carbons (Fsp3) is 0.286. The Balaban J connectivity index is 2.07. The van der Waals surface area contributed by atoms with Crippen molar-refractivity contribution in [2.45, 2.75) is 18.8 Å². The normalized spacial score (nSPS) is 14.6. The Labute approximate surface area is 101 Å². The van der Waals surface area contributed by atoms with Gasteiger partial charge in [0.05, 0.1) is 0 Å². The molecule has 17 heavy (non-hydrogen) atoms. The zero-order chi connectivity index (χ0) is 11.7. The smallest absolute Gasteiger partial charge is 0.161 e. The molecule has 2 aromatic rings. The molecule has 1 aliphatic rings. The predicted octanol–water partition coefficient (Wildman–Crippen LogP) is 3.06. The second kappa shape index (κ2) is 4.17. The number of hydrogen-bond acceptors (Lipinski definition) is 3. The molecule has 0 unspecified atom stereocenters. The molecule has 86 valence electrons. The third kappa shape index (κ3) is 2.00. The van der Waals surface area contributed by atoms with E-state index in [4.69, 9.17) is 0 Å². The van der Waals surface area contributed by atoms with Crippen molar-refractivity contribution in [2.75, 3.05) is 12.4 Å².